The van der Waals surface area contributed by atoms with E-state index in [0.29, 0.717) is 6.04 Å². The van der Waals surface area contributed by atoms with Crippen molar-refractivity contribution in [1.29, 1.82) is 5.26 Å². The molecule has 3 nitrogen and oxygen atoms in total. The van der Waals surface area contributed by atoms with Gasteiger partial charge in [-0.3, -0.25) is 4.90 Å². The Labute approximate surface area is 112 Å². The predicted molar refractivity (Wildman–Crippen MR) is 74.1 cm³/mol. The van der Waals surface area contributed by atoms with E-state index in [1.165, 1.54) is 19.3 Å². The van der Waals surface area contributed by atoms with Gasteiger partial charge in [0.05, 0.1) is 18.6 Å². The van der Waals surface area contributed by atoms with E-state index >= 15 is 0 Å². The minimum absolute atomic E-state index is 0.119. The number of likely N-dealkylation sites (N-methyl/N-ethyl adjacent to an activating group) is 1. The van der Waals surface area contributed by atoms with Crippen molar-refractivity contribution < 1.29 is 5.11 Å². The quantitative estimate of drug-likeness (QED) is 0.818. The molecule has 1 aliphatic rings. The van der Waals surface area contributed by atoms with Crippen molar-refractivity contribution in [2.45, 2.75) is 64.5 Å². The molecule has 1 aliphatic carbocycles. The Bertz CT molecular complexity index is 295. The molecule has 0 aromatic rings. The van der Waals surface area contributed by atoms with E-state index in [2.05, 4.69) is 24.9 Å². The van der Waals surface area contributed by atoms with Gasteiger partial charge < -0.3 is 5.11 Å². The van der Waals surface area contributed by atoms with Gasteiger partial charge in [0.25, 0.3) is 0 Å². The highest BCUT2D eigenvalue weighted by Crippen LogP contribution is 2.36. The number of hydrogen-bond acceptors (Lipinski definition) is 3. The Morgan fingerprint density at radius 2 is 2.06 bits per heavy atom. The number of hydrogen-bond donors (Lipinski definition) is 1. The second kappa shape index (κ2) is 6.54. The molecule has 3 atom stereocenters. The molecule has 0 heterocycles. The summed E-state index contributed by atoms with van der Waals surface area (Å²) in [6.07, 6.45) is 5.80. The maximum absolute atomic E-state index is 9.50. The molecule has 0 saturated heterocycles. The third-order valence-corrected chi connectivity index (χ3v) is 4.63. The highest BCUT2D eigenvalue weighted by atomic mass is 16.3. The molecule has 0 amide bonds. The Morgan fingerprint density at radius 3 is 2.56 bits per heavy atom. The molecule has 1 saturated carbocycles. The average molecular weight is 252 g/mol. The van der Waals surface area contributed by atoms with E-state index in [-0.39, 0.29) is 18.1 Å². The molecule has 104 valence electrons. The minimum atomic E-state index is -0.242. The van der Waals surface area contributed by atoms with Gasteiger partial charge in [0, 0.05) is 11.6 Å². The second-order valence-corrected chi connectivity index (χ2v) is 6.35. The van der Waals surface area contributed by atoms with Gasteiger partial charge >= 0.3 is 0 Å². The van der Waals surface area contributed by atoms with Crippen molar-refractivity contribution in [2.24, 2.45) is 11.8 Å². The van der Waals surface area contributed by atoms with Crippen LogP contribution in [0.4, 0.5) is 0 Å². The summed E-state index contributed by atoms with van der Waals surface area (Å²) in [6, 6.07) is 2.76. The summed E-state index contributed by atoms with van der Waals surface area (Å²) >= 11 is 0. The van der Waals surface area contributed by atoms with Crippen LogP contribution in [-0.2, 0) is 0 Å². The van der Waals surface area contributed by atoms with Crippen LogP contribution >= 0.6 is 0 Å². The zero-order chi connectivity index (χ0) is 13.8. The topological polar surface area (TPSA) is 47.3 Å². The molecular weight excluding hydrogens is 224 g/mol. The Morgan fingerprint density at radius 1 is 1.39 bits per heavy atom. The number of rotatable bonds is 5. The summed E-state index contributed by atoms with van der Waals surface area (Å²) in [4.78, 5) is 2.22. The van der Waals surface area contributed by atoms with Gasteiger partial charge in [-0.15, -0.1) is 0 Å². The fourth-order valence-corrected chi connectivity index (χ4v) is 3.04. The van der Waals surface area contributed by atoms with Crippen LogP contribution in [0.15, 0.2) is 0 Å². The van der Waals surface area contributed by atoms with Gasteiger partial charge in [-0.25, -0.2) is 0 Å². The van der Waals surface area contributed by atoms with Crippen LogP contribution in [-0.4, -0.2) is 35.2 Å². The molecule has 3 unspecified atom stereocenters. The summed E-state index contributed by atoms with van der Waals surface area (Å²) in [5, 5.41) is 18.8. The normalized spacial score (nSPS) is 29.3. The molecule has 18 heavy (non-hydrogen) atoms. The van der Waals surface area contributed by atoms with Crippen molar-refractivity contribution in [1.82, 2.24) is 4.90 Å². The van der Waals surface area contributed by atoms with Gasteiger partial charge in [-0.2, -0.15) is 5.26 Å². The highest BCUT2D eigenvalue weighted by molar-refractivity contribution is 4.99. The smallest absolute Gasteiger partial charge is 0.0672 e. The standard InChI is InChI=1S/C15H28N2O/c1-5-6-12-7-8-13(10-16)14(9-12)17(4)15(2,3)11-18/h12-14,18H,5-9,11H2,1-4H3. The lowest BCUT2D eigenvalue weighted by atomic mass is 9.75. The van der Waals surface area contributed by atoms with Gasteiger partial charge in [0.2, 0.25) is 0 Å². The summed E-state index contributed by atoms with van der Waals surface area (Å²) in [6.45, 7) is 6.46. The molecule has 1 rings (SSSR count). The Kier molecular flexibility index (Phi) is 5.62. The first kappa shape index (κ1) is 15.5. The van der Waals surface area contributed by atoms with Crippen molar-refractivity contribution >= 4 is 0 Å². The largest absolute Gasteiger partial charge is 0.394 e. The molecule has 0 aliphatic heterocycles. The molecule has 0 bridgehead atoms. The van der Waals surface area contributed by atoms with Gasteiger partial charge in [-0.1, -0.05) is 19.8 Å². The first-order valence-electron chi connectivity index (χ1n) is 7.19. The zero-order valence-corrected chi connectivity index (χ0v) is 12.3. The number of aliphatic hydroxyl groups is 1. The Balaban J connectivity index is 2.77. The van der Waals surface area contributed by atoms with Crippen LogP contribution in [0, 0.1) is 23.2 Å². The van der Waals surface area contributed by atoms with Crippen LogP contribution in [0.5, 0.6) is 0 Å². The van der Waals surface area contributed by atoms with Crippen molar-refractivity contribution in [3.05, 3.63) is 0 Å². The SMILES string of the molecule is CCCC1CCC(C#N)C(N(C)C(C)(C)CO)C1. The Hall–Kier alpha value is -0.590. The molecule has 1 N–H and O–H groups in total. The minimum Gasteiger partial charge on any atom is -0.394 e. The van der Waals surface area contributed by atoms with Crippen LogP contribution in [0.25, 0.3) is 0 Å². The summed E-state index contributed by atoms with van der Waals surface area (Å²) in [5.74, 6) is 0.871. The summed E-state index contributed by atoms with van der Waals surface area (Å²) < 4.78 is 0. The van der Waals surface area contributed by atoms with E-state index < -0.39 is 0 Å². The second-order valence-electron chi connectivity index (χ2n) is 6.35. The molecule has 0 aromatic heterocycles. The molecule has 3 heteroatoms. The lowest BCUT2D eigenvalue weighted by molar-refractivity contribution is 0.00760. The summed E-state index contributed by atoms with van der Waals surface area (Å²) in [5.41, 5.74) is -0.242. The third kappa shape index (κ3) is 3.46. The van der Waals surface area contributed by atoms with Crippen molar-refractivity contribution in [3.8, 4) is 6.07 Å². The monoisotopic (exact) mass is 252 g/mol. The fourth-order valence-electron chi connectivity index (χ4n) is 3.04. The van der Waals surface area contributed by atoms with Gasteiger partial charge in [0.15, 0.2) is 0 Å². The lowest BCUT2D eigenvalue weighted by Gasteiger charge is -2.45. The van der Waals surface area contributed by atoms with E-state index in [9.17, 15) is 10.4 Å². The van der Waals surface area contributed by atoms with E-state index in [0.717, 1.165) is 18.8 Å². The number of aliphatic hydroxyl groups excluding tert-OH is 1. The molecule has 0 spiro atoms. The van der Waals surface area contributed by atoms with E-state index in [4.69, 9.17) is 0 Å². The van der Waals surface area contributed by atoms with E-state index in [1.54, 1.807) is 0 Å². The van der Waals surface area contributed by atoms with Crippen LogP contribution in [0.2, 0.25) is 0 Å². The third-order valence-electron chi connectivity index (χ3n) is 4.63. The van der Waals surface area contributed by atoms with Crippen molar-refractivity contribution in [3.63, 3.8) is 0 Å². The van der Waals surface area contributed by atoms with Gasteiger partial charge in [0.1, 0.15) is 0 Å². The average Bonchev–Trinajstić information content (AvgIpc) is 2.38. The molecule has 1 fully saturated rings. The maximum atomic E-state index is 9.50. The maximum Gasteiger partial charge on any atom is 0.0672 e. The molecule has 0 aromatic carbocycles. The first-order chi connectivity index (χ1) is 8.46. The molecular formula is C15H28N2O. The van der Waals surface area contributed by atoms with Crippen molar-refractivity contribution in [2.75, 3.05) is 13.7 Å². The molecule has 0 radical (unpaired) electrons. The van der Waals surface area contributed by atoms with Gasteiger partial charge in [-0.05, 0) is 46.1 Å². The van der Waals surface area contributed by atoms with Crippen LogP contribution < -0.4 is 0 Å². The lowest BCUT2D eigenvalue weighted by Crippen LogP contribution is -2.53. The van der Waals surface area contributed by atoms with Crippen LogP contribution in [0.3, 0.4) is 0 Å². The zero-order valence-electron chi connectivity index (χ0n) is 12.3. The summed E-state index contributed by atoms with van der Waals surface area (Å²) in [7, 11) is 2.06. The predicted octanol–water partition coefficient (Wildman–Crippen LogP) is 2.80. The van der Waals surface area contributed by atoms with Crippen LogP contribution in [0.1, 0.15) is 52.9 Å². The van der Waals surface area contributed by atoms with E-state index in [1.807, 2.05) is 13.8 Å². The highest BCUT2D eigenvalue weighted by Gasteiger charge is 2.37. The number of nitriles is 1. The fraction of sp³-hybridized carbons (Fsp3) is 0.933. The first-order valence-corrected chi connectivity index (χ1v) is 7.19. The number of nitrogens with zero attached hydrogens (tertiary/aromatic N) is 2.